The van der Waals surface area contributed by atoms with Crippen molar-refractivity contribution >= 4 is 7.75 Å². The molecule has 0 fully saturated rings. The van der Waals surface area contributed by atoms with Gasteiger partial charge in [-0.15, -0.1) is 0 Å². The number of hydrogen-bond acceptors (Lipinski definition) is 2. The van der Waals surface area contributed by atoms with Gasteiger partial charge in [-0.3, -0.25) is 9.42 Å². The molecule has 0 rings (SSSR count). The van der Waals surface area contributed by atoms with Crippen LogP contribution in [0.3, 0.4) is 0 Å². The second-order valence-corrected chi connectivity index (χ2v) is 7.72. The van der Waals surface area contributed by atoms with E-state index in [1.54, 1.807) is 21.1 Å². The number of hydrogen-bond donors (Lipinski definition) is 1. The number of quaternary nitrogens is 2. The van der Waals surface area contributed by atoms with Crippen LogP contribution in [0.5, 0.6) is 0 Å². The minimum atomic E-state index is -3.53. The van der Waals surface area contributed by atoms with Gasteiger partial charge in [-0.05, 0) is 0 Å². The minimum absolute atomic E-state index is 0.0653. The van der Waals surface area contributed by atoms with E-state index in [1.165, 1.54) is 0 Å². The van der Waals surface area contributed by atoms with Gasteiger partial charge in [0.15, 0.2) is 0 Å². The maximum absolute atomic E-state index is 11.6. The van der Waals surface area contributed by atoms with Gasteiger partial charge in [-0.2, -0.15) is 0 Å². The summed E-state index contributed by atoms with van der Waals surface area (Å²) in [5.41, 5.74) is 0. The van der Waals surface area contributed by atoms with Crippen LogP contribution in [0.25, 0.3) is 0 Å². The Morgan fingerprint density at radius 2 is 1.57 bits per heavy atom. The first-order valence-corrected chi connectivity index (χ1v) is 6.08. The molecule has 0 aliphatic heterocycles. The van der Waals surface area contributed by atoms with Crippen LogP contribution in [-0.2, 0) is 9.09 Å². The predicted octanol–water partition coefficient (Wildman–Crippen LogP) is 0.516. The third kappa shape index (κ3) is 5.08. The monoisotopic (exact) mass is 226 g/mol. The summed E-state index contributed by atoms with van der Waals surface area (Å²) in [6.07, 6.45) is 0. The molecule has 0 aromatic carbocycles. The maximum Gasteiger partial charge on any atom is 0.528 e. The summed E-state index contributed by atoms with van der Waals surface area (Å²) in [4.78, 5) is 9.55. The Morgan fingerprint density at radius 3 is 1.86 bits per heavy atom. The lowest BCUT2D eigenvalue weighted by Gasteiger charge is -2.29. The molecule has 0 saturated carbocycles. The van der Waals surface area contributed by atoms with Gasteiger partial charge in [-0.1, -0.05) is 0 Å². The average Bonchev–Trinajstić information content (AvgIpc) is 1.80. The lowest BCUT2D eigenvalue weighted by Crippen LogP contribution is -2.38. The second-order valence-electron chi connectivity index (χ2n) is 5.28. The van der Waals surface area contributed by atoms with Crippen molar-refractivity contribution in [1.82, 2.24) is 0 Å². The van der Waals surface area contributed by atoms with Crippen LogP contribution in [0.1, 0.15) is 0 Å². The summed E-state index contributed by atoms with van der Waals surface area (Å²) in [5, 5.41) is 0. The van der Waals surface area contributed by atoms with Gasteiger partial charge in [0.05, 0.1) is 42.3 Å². The number of rotatable bonds is 5. The fraction of sp³-hybridized carbons (Fsp3) is 1.00. The van der Waals surface area contributed by atoms with Crippen LogP contribution < -0.4 is 0 Å². The molecule has 0 spiro atoms. The molecule has 0 bridgehead atoms. The zero-order valence-electron chi connectivity index (χ0n) is 10.0. The highest BCUT2D eigenvalue weighted by Crippen LogP contribution is 2.48. The Bertz CT molecular complexity index is 230. The second kappa shape index (κ2) is 4.29. The predicted molar refractivity (Wildman–Crippen MR) is 56.7 cm³/mol. The van der Waals surface area contributed by atoms with E-state index in [-0.39, 0.29) is 4.25 Å². The molecule has 0 aromatic heterocycles. The lowest BCUT2D eigenvalue weighted by molar-refractivity contribution is -0.870. The molecule has 1 N–H and O–H groups in total. The molecule has 0 radical (unpaired) electrons. The van der Waals surface area contributed by atoms with E-state index in [2.05, 4.69) is 0 Å². The van der Waals surface area contributed by atoms with Crippen molar-refractivity contribution in [2.45, 2.75) is 0 Å². The molecule has 0 aromatic rings. The van der Waals surface area contributed by atoms with E-state index in [0.29, 0.717) is 13.2 Å². The average molecular weight is 226 g/mol. The molecule has 6 heteroatoms. The smallest absolute Gasteiger partial charge is 0.329 e. The highest BCUT2D eigenvalue weighted by atomic mass is 31.2. The fourth-order valence-electron chi connectivity index (χ4n) is 0.607. The largest absolute Gasteiger partial charge is 0.528 e. The number of likely N-dealkylation sites (N-methyl/N-ethyl adjacent to an activating group) is 1. The maximum atomic E-state index is 11.6. The lowest BCUT2D eigenvalue weighted by atomic mass is 10.5. The molecule has 0 amide bonds. The van der Waals surface area contributed by atoms with Crippen molar-refractivity contribution < 1.29 is 22.7 Å². The molecule has 5 nitrogen and oxygen atoms in total. The first-order valence-electron chi connectivity index (χ1n) is 4.55. The van der Waals surface area contributed by atoms with E-state index in [1.807, 2.05) is 21.1 Å². The minimum Gasteiger partial charge on any atom is -0.329 e. The fourth-order valence-corrected chi connectivity index (χ4v) is 1.27. The molecule has 0 saturated heterocycles. The van der Waals surface area contributed by atoms with Crippen molar-refractivity contribution in [2.75, 3.05) is 55.4 Å². The first-order chi connectivity index (χ1) is 5.96. The van der Waals surface area contributed by atoms with Gasteiger partial charge in [0.1, 0.15) is 13.2 Å². The Kier molecular flexibility index (Phi) is 4.31. The normalized spacial score (nSPS) is 17.9. The van der Waals surface area contributed by atoms with Gasteiger partial charge in [0.25, 0.3) is 0 Å². The van der Waals surface area contributed by atoms with Gasteiger partial charge in [0, 0.05) is 0 Å². The molecule has 0 heterocycles. The summed E-state index contributed by atoms with van der Waals surface area (Å²) >= 11 is 0. The van der Waals surface area contributed by atoms with Gasteiger partial charge < -0.3 is 4.48 Å². The highest BCUT2D eigenvalue weighted by Gasteiger charge is 2.37. The van der Waals surface area contributed by atoms with Crippen LogP contribution >= 0.6 is 7.75 Å². The van der Waals surface area contributed by atoms with Crippen molar-refractivity contribution in [1.29, 1.82) is 0 Å². The van der Waals surface area contributed by atoms with Crippen LogP contribution in [0.4, 0.5) is 0 Å². The van der Waals surface area contributed by atoms with Crippen LogP contribution in [0.2, 0.25) is 0 Å². The van der Waals surface area contributed by atoms with Crippen molar-refractivity contribution in [3.8, 4) is 0 Å². The topological polar surface area (TPSA) is 46.5 Å². The van der Waals surface area contributed by atoms with Crippen LogP contribution in [0.15, 0.2) is 0 Å². The molecular weight excluding hydrogens is 203 g/mol. The standard InChI is InChI=1S/C8H22N2O3P/c1-9(2,3)7-8-13-14(11,12)10(4,5)6/h7-8H2,1-6H3/q+1/p+1. The van der Waals surface area contributed by atoms with E-state index in [9.17, 15) is 9.46 Å². The number of nitrogens with zero attached hydrogens (tertiary/aromatic N) is 2. The SMILES string of the molecule is C[N+](C)(C)CCOP(=O)(O)[N+](C)(C)C. The third-order valence-electron chi connectivity index (χ3n) is 1.78. The Hall–Kier alpha value is 0.0700. The molecule has 1 atom stereocenters. The summed E-state index contributed by atoms with van der Waals surface area (Å²) < 4.78 is 17.3. The van der Waals surface area contributed by atoms with E-state index in [4.69, 9.17) is 4.52 Å². The summed E-state index contributed by atoms with van der Waals surface area (Å²) in [5.74, 6) is 0. The van der Waals surface area contributed by atoms with Crippen LogP contribution in [0, 0.1) is 0 Å². The summed E-state index contributed by atoms with van der Waals surface area (Å²) in [6.45, 7) is 1.01. The summed E-state index contributed by atoms with van der Waals surface area (Å²) in [7, 11) is 7.44. The van der Waals surface area contributed by atoms with E-state index < -0.39 is 7.75 Å². The molecule has 0 aliphatic rings. The molecular formula is C8H23N2O3P+2. The van der Waals surface area contributed by atoms with Crippen LogP contribution in [-0.4, -0.2) is 69.1 Å². The quantitative estimate of drug-likeness (QED) is 0.549. The zero-order valence-corrected chi connectivity index (χ0v) is 10.9. The summed E-state index contributed by atoms with van der Waals surface area (Å²) in [6, 6.07) is 0. The van der Waals surface area contributed by atoms with Crippen molar-refractivity contribution in [3.63, 3.8) is 0 Å². The van der Waals surface area contributed by atoms with Gasteiger partial charge >= 0.3 is 7.75 Å². The Balaban J connectivity index is 4.09. The Labute approximate surface area is 86.7 Å². The first kappa shape index (κ1) is 14.1. The molecule has 0 aliphatic carbocycles. The van der Waals surface area contributed by atoms with Gasteiger partial charge in [-0.25, -0.2) is 8.82 Å². The molecule has 86 valence electrons. The third-order valence-corrected chi connectivity index (χ3v) is 3.82. The van der Waals surface area contributed by atoms with Gasteiger partial charge in [0.2, 0.25) is 0 Å². The highest BCUT2D eigenvalue weighted by molar-refractivity contribution is 7.46. The van der Waals surface area contributed by atoms with E-state index in [0.717, 1.165) is 4.48 Å². The molecule has 14 heavy (non-hydrogen) atoms. The van der Waals surface area contributed by atoms with E-state index >= 15 is 0 Å². The molecule has 1 unspecified atom stereocenters. The zero-order chi connectivity index (χ0) is 11.6. The van der Waals surface area contributed by atoms with Crippen molar-refractivity contribution in [3.05, 3.63) is 0 Å². The van der Waals surface area contributed by atoms with Crippen molar-refractivity contribution in [2.24, 2.45) is 0 Å². The Morgan fingerprint density at radius 1 is 1.14 bits per heavy atom.